The molecule has 0 saturated carbocycles. The van der Waals surface area contributed by atoms with E-state index in [1.54, 1.807) is 24.3 Å². The predicted molar refractivity (Wildman–Crippen MR) is 108 cm³/mol. The minimum absolute atomic E-state index is 0.149. The van der Waals surface area contributed by atoms with E-state index in [2.05, 4.69) is 10.6 Å². The molecule has 0 heterocycles. The second kappa shape index (κ2) is 11.4. The van der Waals surface area contributed by atoms with Crippen LogP contribution in [-0.2, 0) is 41.7 Å². The summed E-state index contributed by atoms with van der Waals surface area (Å²) in [6.07, 6.45) is -3.27. The first-order chi connectivity index (χ1) is 14.4. The van der Waals surface area contributed by atoms with E-state index in [1.165, 1.54) is 0 Å². The standard InChI is InChI=1S/C22H24N2O6/c1-15(25)29-19(21(27)23-13-17-9-5-3-6-10-17)20(30-16(2)26)22(28)24-14-18-11-7-4-8-12-18/h3-12,19-20H,13-14H2,1-2H3,(H,23,27)(H,24,28)/t19-,20+. The lowest BCUT2D eigenvalue weighted by atomic mass is 10.1. The highest BCUT2D eigenvalue weighted by Gasteiger charge is 2.39. The minimum atomic E-state index is -1.63. The van der Waals surface area contributed by atoms with Crippen LogP contribution < -0.4 is 10.6 Å². The molecular weight excluding hydrogens is 388 g/mol. The lowest BCUT2D eigenvalue weighted by molar-refractivity contribution is -0.174. The molecule has 0 fully saturated rings. The van der Waals surface area contributed by atoms with E-state index in [0.717, 1.165) is 25.0 Å². The van der Waals surface area contributed by atoms with Gasteiger partial charge < -0.3 is 20.1 Å². The Morgan fingerprint density at radius 1 is 0.667 bits per heavy atom. The number of esters is 2. The minimum Gasteiger partial charge on any atom is -0.448 e. The van der Waals surface area contributed by atoms with Crippen LogP contribution in [0.3, 0.4) is 0 Å². The molecule has 8 nitrogen and oxygen atoms in total. The number of ether oxygens (including phenoxy) is 2. The van der Waals surface area contributed by atoms with Crippen LogP contribution in [0.15, 0.2) is 60.7 Å². The number of carbonyl (C=O) groups is 4. The molecule has 0 aliphatic heterocycles. The lowest BCUT2D eigenvalue weighted by Gasteiger charge is -2.24. The van der Waals surface area contributed by atoms with E-state index < -0.39 is 36.0 Å². The topological polar surface area (TPSA) is 111 Å². The zero-order valence-electron chi connectivity index (χ0n) is 16.8. The summed E-state index contributed by atoms with van der Waals surface area (Å²) in [5.74, 6) is -3.09. The molecule has 158 valence electrons. The van der Waals surface area contributed by atoms with E-state index in [0.29, 0.717) is 0 Å². The first-order valence-corrected chi connectivity index (χ1v) is 9.34. The molecule has 2 amide bonds. The Hall–Kier alpha value is -3.68. The van der Waals surface area contributed by atoms with Crippen molar-refractivity contribution >= 4 is 23.8 Å². The van der Waals surface area contributed by atoms with Crippen LogP contribution in [0.1, 0.15) is 25.0 Å². The van der Waals surface area contributed by atoms with Crippen LogP contribution in [0.4, 0.5) is 0 Å². The summed E-state index contributed by atoms with van der Waals surface area (Å²) in [5.41, 5.74) is 1.62. The summed E-state index contributed by atoms with van der Waals surface area (Å²) in [6, 6.07) is 18.1. The fourth-order valence-electron chi connectivity index (χ4n) is 2.63. The Morgan fingerprint density at radius 2 is 1.00 bits per heavy atom. The number of amides is 2. The fourth-order valence-corrected chi connectivity index (χ4v) is 2.63. The normalized spacial score (nSPS) is 12.2. The van der Waals surface area contributed by atoms with Crippen LogP contribution >= 0.6 is 0 Å². The fraction of sp³-hybridized carbons (Fsp3) is 0.273. The Kier molecular flexibility index (Phi) is 8.56. The number of hydrogen-bond acceptors (Lipinski definition) is 6. The molecule has 2 aromatic carbocycles. The van der Waals surface area contributed by atoms with Crippen LogP contribution in [0.2, 0.25) is 0 Å². The summed E-state index contributed by atoms with van der Waals surface area (Å²) in [5, 5.41) is 5.20. The van der Waals surface area contributed by atoms with Crippen molar-refractivity contribution in [3.63, 3.8) is 0 Å². The average Bonchev–Trinajstić information content (AvgIpc) is 2.74. The Labute approximate surface area is 174 Å². The summed E-state index contributed by atoms with van der Waals surface area (Å²) < 4.78 is 10.1. The molecule has 8 heteroatoms. The van der Waals surface area contributed by atoms with Crippen molar-refractivity contribution < 1.29 is 28.7 Å². The van der Waals surface area contributed by atoms with Gasteiger partial charge in [0.15, 0.2) is 0 Å². The van der Waals surface area contributed by atoms with Gasteiger partial charge >= 0.3 is 11.9 Å². The molecule has 0 aliphatic rings. The van der Waals surface area contributed by atoms with Gasteiger partial charge in [-0.3, -0.25) is 19.2 Å². The van der Waals surface area contributed by atoms with Crippen molar-refractivity contribution in [3.05, 3.63) is 71.8 Å². The van der Waals surface area contributed by atoms with Gasteiger partial charge in [0.2, 0.25) is 12.2 Å². The SMILES string of the molecule is CC(=O)O[C@H](C(=O)NCc1ccccc1)[C@@H](OC(C)=O)C(=O)NCc1ccccc1. The Bertz CT molecular complexity index is 796. The maximum Gasteiger partial charge on any atom is 0.303 e. The van der Waals surface area contributed by atoms with Crippen molar-refractivity contribution in [2.45, 2.75) is 39.1 Å². The number of hydrogen-bond donors (Lipinski definition) is 2. The monoisotopic (exact) mass is 412 g/mol. The average molecular weight is 412 g/mol. The molecule has 0 aliphatic carbocycles. The van der Waals surface area contributed by atoms with Gasteiger partial charge in [0.1, 0.15) is 0 Å². The molecule has 2 rings (SSSR count). The summed E-state index contributed by atoms with van der Waals surface area (Å²) in [6.45, 7) is 2.50. The van der Waals surface area contributed by atoms with E-state index in [9.17, 15) is 19.2 Å². The number of benzene rings is 2. The molecule has 0 spiro atoms. The second-order valence-corrected chi connectivity index (χ2v) is 6.47. The van der Waals surface area contributed by atoms with E-state index in [4.69, 9.17) is 9.47 Å². The molecule has 0 unspecified atom stereocenters. The van der Waals surface area contributed by atoms with Gasteiger partial charge in [0.25, 0.3) is 11.8 Å². The molecule has 0 bridgehead atoms. The van der Waals surface area contributed by atoms with Crippen molar-refractivity contribution in [2.24, 2.45) is 0 Å². The van der Waals surface area contributed by atoms with Gasteiger partial charge in [-0.15, -0.1) is 0 Å². The molecular formula is C22H24N2O6. The van der Waals surface area contributed by atoms with Crippen molar-refractivity contribution in [3.8, 4) is 0 Å². The van der Waals surface area contributed by atoms with E-state index in [-0.39, 0.29) is 13.1 Å². The maximum atomic E-state index is 12.7. The molecule has 0 radical (unpaired) electrons. The molecule has 30 heavy (non-hydrogen) atoms. The lowest BCUT2D eigenvalue weighted by Crippen LogP contribution is -2.53. The maximum absolute atomic E-state index is 12.7. The molecule has 2 N–H and O–H groups in total. The Balaban J connectivity index is 2.13. The van der Waals surface area contributed by atoms with Gasteiger partial charge in [0.05, 0.1) is 0 Å². The highest BCUT2D eigenvalue weighted by Crippen LogP contribution is 2.09. The third kappa shape index (κ3) is 7.38. The largest absolute Gasteiger partial charge is 0.448 e. The number of nitrogens with one attached hydrogen (secondary N) is 2. The zero-order valence-corrected chi connectivity index (χ0v) is 16.8. The Morgan fingerprint density at radius 3 is 1.30 bits per heavy atom. The van der Waals surface area contributed by atoms with E-state index in [1.807, 2.05) is 36.4 Å². The third-order valence-electron chi connectivity index (χ3n) is 4.00. The zero-order chi connectivity index (χ0) is 21.9. The van der Waals surface area contributed by atoms with Gasteiger partial charge in [-0.2, -0.15) is 0 Å². The van der Waals surface area contributed by atoms with E-state index >= 15 is 0 Å². The second-order valence-electron chi connectivity index (χ2n) is 6.47. The smallest absolute Gasteiger partial charge is 0.303 e. The highest BCUT2D eigenvalue weighted by atomic mass is 16.6. The molecule has 0 aromatic heterocycles. The van der Waals surface area contributed by atoms with Crippen LogP contribution in [0.5, 0.6) is 0 Å². The van der Waals surface area contributed by atoms with Gasteiger partial charge in [-0.25, -0.2) is 0 Å². The van der Waals surface area contributed by atoms with Crippen LogP contribution in [0.25, 0.3) is 0 Å². The summed E-state index contributed by atoms with van der Waals surface area (Å²) >= 11 is 0. The molecule has 0 saturated heterocycles. The van der Waals surface area contributed by atoms with Crippen LogP contribution in [-0.4, -0.2) is 36.0 Å². The van der Waals surface area contributed by atoms with Gasteiger partial charge in [0, 0.05) is 26.9 Å². The third-order valence-corrected chi connectivity index (χ3v) is 4.00. The summed E-state index contributed by atoms with van der Waals surface area (Å²) in [4.78, 5) is 48.5. The predicted octanol–water partition coefficient (Wildman–Crippen LogP) is 1.48. The first kappa shape index (κ1) is 22.6. The first-order valence-electron chi connectivity index (χ1n) is 9.34. The van der Waals surface area contributed by atoms with Crippen LogP contribution in [0, 0.1) is 0 Å². The summed E-state index contributed by atoms with van der Waals surface area (Å²) in [7, 11) is 0. The van der Waals surface area contributed by atoms with Gasteiger partial charge in [-0.1, -0.05) is 60.7 Å². The van der Waals surface area contributed by atoms with Crippen molar-refractivity contribution in [1.82, 2.24) is 10.6 Å². The molecule has 2 aromatic rings. The molecule has 2 atom stereocenters. The van der Waals surface area contributed by atoms with Gasteiger partial charge in [-0.05, 0) is 11.1 Å². The number of rotatable bonds is 9. The quantitative estimate of drug-likeness (QED) is 0.604. The van der Waals surface area contributed by atoms with Crippen molar-refractivity contribution in [1.29, 1.82) is 0 Å². The number of carbonyl (C=O) groups excluding carboxylic acids is 4. The highest BCUT2D eigenvalue weighted by molar-refractivity contribution is 5.93. The van der Waals surface area contributed by atoms with Crippen molar-refractivity contribution in [2.75, 3.05) is 0 Å².